The summed E-state index contributed by atoms with van der Waals surface area (Å²) in [6, 6.07) is 11.5. The number of hydrogen-bond acceptors (Lipinski definition) is 6. The van der Waals surface area contributed by atoms with E-state index in [4.69, 9.17) is 14.5 Å². The number of fused-ring (bicyclic) bond motifs is 1. The molecule has 3 aromatic rings. The molecule has 6 nitrogen and oxygen atoms in total. The molecule has 0 aliphatic heterocycles. The van der Waals surface area contributed by atoms with Gasteiger partial charge >= 0.3 is 0 Å². The van der Waals surface area contributed by atoms with E-state index in [1.165, 1.54) is 11.1 Å². The van der Waals surface area contributed by atoms with E-state index in [0.717, 1.165) is 23.2 Å². The molecular formula is C23H30ClN3O3S. The molecule has 1 heterocycles. The number of nitrogens with zero attached hydrogens (tertiary/aromatic N) is 3. The van der Waals surface area contributed by atoms with Crippen LogP contribution in [0.15, 0.2) is 36.4 Å². The van der Waals surface area contributed by atoms with Gasteiger partial charge in [0.05, 0.1) is 17.3 Å². The molecule has 0 bridgehead atoms. The molecule has 0 aliphatic rings. The van der Waals surface area contributed by atoms with E-state index in [-0.39, 0.29) is 24.9 Å². The van der Waals surface area contributed by atoms with E-state index in [0.29, 0.717) is 23.2 Å². The van der Waals surface area contributed by atoms with E-state index in [1.54, 1.807) is 29.4 Å². The molecule has 8 heteroatoms. The summed E-state index contributed by atoms with van der Waals surface area (Å²) in [5.74, 6) is 1.04. The van der Waals surface area contributed by atoms with Gasteiger partial charge in [0.15, 0.2) is 23.2 Å². The zero-order valence-electron chi connectivity index (χ0n) is 18.7. The summed E-state index contributed by atoms with van der Waals surface area (Å²) in [7, 11) is 5.64. The van der Waals surface area contributed by atoms with Crippen LogP contribution in [-0.4, -0.2) is 56.7 Å². The van der Waals surface area contributed by atoms with Crippen LogP contribution >= 0.6 is 23.7 Å². The van der Waals surface area contributed by atoms with Crippen molar-refractivity contribution in [3.05, 3.63) is 47.5 Å². The maximum atomic E-state index is 13.1. The summed E-state index contributed by atoms with van der Waals surface area (Å²) < 4.78 is 12.2. The minimum Gasteiger partial charge on any atom is -0.493 e. The zero-order chi connectivity index (χ0) is 21.7. The van der Waals surface area contributed by atoms with Crippen molar-refractivity contribution in [2.24, 2.45) is 0 Å². The molecule has 0 atom stereocenters. The van der Waals surface area contributed by atoms with Crippen LogP contribution < -0.4 is 14.4 Å². The first-order valence-corrected chi connectivity index (χ1v) is 10.8. The number of methoxy groups -OCH3 is 1. The number of anilines is 1. The topological polar surface area (TPSA) is 54.9 Å². The van der Waals surface area contributed by atoms with Gasteiger partial charge in [0.1, 0.15) is 0 Å². The Labute approximate surface area is 194 Å². The predicted octanol–water partition coefficient (Wildman–Crippen LogP) is 4.71. The molecular weight excluding hydrogens is 434 g/mol. The Morgan fingerprint density at radius 2 is 1.81 bits per heavy atom. The van der Waals surface area contributed by atoms with Gasteiger partial charge in [-0.15, -0.1) is 12.4 Å². The molecule has 2 aromatic carbocycles. The number of halogens is 1. The van der Waals surface area contributed by atoms with Gasteiger partial charge in [-0.25, -0.2) is 4.98 Å². The van der Waals surface area contributed by atoms with Crippen molar-refractivity contribution in [3.63, 3.8) is 0 Å². The number of carbonyl (C=O) groups is 1. The summed E-state index contributed by atoms with van der Waals surface area (Å²) in [6.07, 6.45) is 0.849. The molecule has 0 spiro atoms. The monoisotopic (exact) mass is 463 g/mol. The van der Waals surface area contributed by atoms with Gasteiger partial charge in [0.25, 0.3) is 5.91 Å². The van der Waals surface area contributed by atoms with Crippen molar-refractivity contribution in [1.82, 2.24) is 9.88 Å². The molecule has 0 aliphatic carbocycles. The second-order valence-corrected chi connectivity index (χ2v) is 8.55. The quantitative estimate of drug-likeness (QED) is 0.460. The molecule has 0 fully saturated rings. The predicted molar refractivity (Wildman–Crippen MR) is 130 cm³/mol. The number of para-hydroxylation sites is 2. The van der Waals surface area contributed by atoms with Crippen LogP contribution in [0.4, 0.5) is 5.13 Å². The van der Waals surface area contributed by atoms with Crippen LogP contribution in [0.1, 0.15) is 17.5 Å². The van der Waals surface area contributed by atoms with E-state index >= 15 is 0 Å². The molecule has 0 saturated carbocycles. The number of aryl methyl sites for hydroxylation is 2. The van der Waals surface area contributed by atoms with E-state index in [2.05, 4.69) is 30.9 Å². The minimum absolute atomic E-state index is 0. The van der Waals surface area contributed by atoms with Crippen molar-refractivity contribution in [1.29, 1.82) is 0 Å². The number of carbonyl (C=O) groups excluding carboxylic acids is 1. The average molecular weight is 464 g/mol. The maximum Gasteiger partial charge on any atom is 0.266 e. The number of thiazole rings is 1. The Hall–Kier alpha value is -2.35. The highest BCUT2D eigenvalue weighted by atomic mass is 35.5. The number of amides is 1. The fraction of sp³-hybridized carbons (Fsp3) is 0.391. The lowest BCUT2D eigenvalue weighted by Crippen LogP contribution is -2.36. The van der Waals surface area contributed by atoms with Gasteiger partial charge in [-0.2, -0.15) is 0 Å². The summed E-state index contributed by atoms with van der Waals surface area (Å²) in [5, 5.41) is 0.714. The Bertz CT molecular complexity index is 1020. The molecule has 31 heavy (non-hydrogen) atoms. The molecule has 168 valence electrons. The van der Waals surface area contributed by atoms with Crippen molar-refractivity contribution in [2.75, 3.05) is 45.8 Å². The second-order valence-electron chi connectivity index (χ2n) is 7.57. The van der Waals surface area contributed by atoms with Crippen LogP contribution in [0.25, 0.3) is 10.2 Å². The van der Waals surface area contributed by atoms with E-state index in [1.807, 2.05) is 32.3 Å². The lowest BCUT2D eigenvalue weighted by atomic mass is 10.1. The first-order valence-electron chi connectivity index (χ1n) is 9.97. The maximum absolute atomic E-state index is 13.1. The van der Waals surface area contributed by atoms with Crippen molar-refractivity contribution >= 4 is 45.0 Å². The number of rotatable bonds is 9. The second kappa shape index (κ2) is 11.3. The number of hydrogen-bond donors (Lipinski definition) is 0. The van der Waals surface area contributed by atoms with Crippen LogP contribution in [0, 0.1) is 13.8 Å². The summed E-state index contributed by atoms with van der Waals surface area (Å²) in [6.45, 7) is 5.55. The first kappa shape index (κ1) is 24.9. The molecule has 1 amide bonds. The Kier molecular flexibility index (Phi) is 9.10. The Balaban J connectivity index is 0.00000341. The number of benzene rings is 2. The van der Waals surface area contributed by atoms with E-state index in [9.17, 15) is 4.79 Å². The third-order valence-electron chi connectivity index (χ3n) is 4.75. The van der Waals surface area contributed by atoms with Crippen LogP contribution in [0.5, 0.6) is 11.5 Å². The van der Waals surface area contributed by atoms with Crippen molar-refractivity contribution in [3.8, 4) is 11.5 Å². The number of aromatic nitrogens is 1. The summed E-state index contributed by atoms with van der Waals surface area (Å²) in [5.41, 5.74) is 3.28. The highest BCUT2D eigenvalue weighted by Crippen LogP contribution is 2.32. The SMILES string of the molecule is COc1ccccc1OCC(=O)N(CCCN(C)C)c1nc2cc(C)cc(C)c2s1.Cl. The summed E-state index contributed by atoms with van der Waals surface area (Å²) >= 11 is 1.56. The third-order valence-corrected chi connectivity index (χ3v) is 5.98. The molecule has 0 N–H and O–H groups in total. The molecule has 0 unspecified atom stereocenters. The average Bonchev–Trinajstić information content (AvgIpc) is 3.13. The van der Waals surface area contributed by atoms with Gasteiger partial charge in [-0.1, -0.05) is 29.5 Å². The largest absolute Gasteiger partial charge is 0.493 e. The Morgan fingerprint density at radius 3 is 2.48 bits per heavy atom. The lowest BCUT2D eigenvalue weighted by Gasteiger charge is -2.21. The normalized spacial score (nSPS) is 10.8. The summed E-state index contributed by atoms with van der Waals surface area (Å²) in [4.78, 5) is 21.8. The van der Waals surface area contributed by atoms with Gasteiger partial charge in [-0.05, 0) is 70.2 Å². The van der Waals surface area contributed by atoms with Crippen LogP contribution in [0.2, 0.25) is 0 Å². The standard InChI is InChI=1S/C23H29N3O3S.ClH/c1-16-13-17(2)22-18(14-16)24-23(30-22)26(12-8-11-25(3)4)21(27)15-29-20-10-7-6-9-19(20)28-5;/h6-7,9-10,13-14H,8,11-12,15H2,1-5H3;1H. The highest BCUT2D eigenvalue weighted by Gasteiger charge is 2.21. The smallest absolute Gasteiger partial charge is 0.266 e. The van der Waals surface area contributed by atoms with Gasteiger partial charge in [0.2, 0.25) is 0 Å². The highest BCUT2D eigenvalue weighted by molar-refractivity contribution is 7.22. The fourth-order valence-electron chi connectivity index (χ4n) is 3.31. The third kappa shape index (κ3) is 6.32. The molecule has 1 aromatic heterocycles. The zero-order valence-corrected chi connectivity index (χ0v) is 20.3. The minimum atomic E-state index is -0.118. The van der Waals surface area contributed by atoms with Gasteiger partial charge in [-0.3, -0.25) is 9.69 Å². The first-order chi connectivity index (χ1) is 14.4. The molecule has 3 rings (SSSR count). The van der Waals surface area contributed by atoms with Crippen molar-refractivity contribution in [2.45, 2.75) is 20.3 Å². The van der Waals surface area contributed by atoms with E-state index < -0.39 is 0 Å². The fourth-order valence-corrected chi connectivity index (χ4v) is 4.37. The van der Waals surface area contributed by atoms with Gasteiger partial charge < -0.3 is 14.4 Å². The lowest BCUT2D eigenvalue weighted by molar-refractivity contribution is -0.120. The Morgan fingerprint density at radius 1 is 1.10 bits per heavy atom. The van der Waals surface area contributed by atoms with Crippen LogP contribution in [0.3, 0.4) is 0 Å². The number of ether oxygens (including phenoxy) is 2. The molecule has 0 saturated heterocycles. The van der Waals surface area contributed by atoms with Gasteiger partial charge in [0, 0.05) is 6.54 Å². The van der Waals surface area contributed by atoms with Crippen molar-refractivity contribution < 1.29 is 14.3 Å². The molecule has 0 radical (unpaired) electrons. The van der Waals surface area contributed by atoms with Crippen LogP contribution in [-0.2, 0) is 4.79 Å².